The van der Waals surface area contributed by atoms with Gasteiger partial charge in [0.15, 0.2) is 0 Å². The van der Waals surface area contributed by atoms with E-state index in [0.29, 0.717) is 10.6 Å². The van der Waals surface area contributed by atoms with Crippen LogP contribution in [0.3, 0.4) is 0 Å². The molecule has 35 heavy (non-hydrogen) atoms. The summed E-state index contributed by atoms with van der Waals surface area (Å²) in [5.41, 5.74) is 0.349. The van der Waals surface area contributed by atoms with E-state index in [0.717, 1.165) is 0 Å². The number of halogens is 5. The van der Waals surface area contributed by atoms with Crippen molar-refractivity contribution in [2.45, 2.75) is 32.2 Å². The Labute approximate surface area is 211 Å². The normalized spacial score (nSPS) is 13.1. The predicted octanol–water partition coefficient (Wildman–Crippen LogP) is 8.20. The summed E-state index contributed by atoms with van der Waals surface area (Å²) in [5.74, 6) is -1.69. The Bertz CT molecular complexity index is 1230. The minimum Gasteiger partial charge on any atom is -0.441 e. The molecule has 0 aliphatic heterocycles. The second-order valence-corrected chi connectivity index (χ2v) is 8.89. The molecule has 0 heterocycles. The fraction of sp³-hybridized carbons (Fsp3) is 0.231. The number of benzene rings is 3. The standard InChI is InChI=1S/C26H21Cl2F3N2O2/c1-16(2)24(18-11-12-21(27)22(28)14-18)25(34)35-23(15-32)17-7-6-10-20(13-17)33(26(29,30)31)19-8-4-3-5-9-19/h3-14,16,23-24H,1-2H3. The first-order valence-corrected chi connectivity index (χ1v) is 11.4. The molecular formula is C26H21Cl2F3N2O2. The molecule has 4 nitrogen and oxygen atoms in total. The minimum atomic E-state index is -4.73. The van der Waals surface area contributed by atoms with Gasteiger partial charge in [-0.25, -0.2) is 0 Å². The van der Waals surface area contributed by atoms with Crippen LogP contribution in [0.15, 0.2) is 72.8 Å². The Morgan fingerprint density at radius 2 is 1.57 bits per heavy atom. The first-order chi connectivity index (χ1) is 16.5. The number of anilines is 2. The van der Waals surface area contributed by atoms with Gasteiger partial charge in [-0.2, -0.15) is 5.26 Å². The van der Waals surface area contributed by atoms with Gasteiger partial charge in [0.1, 0.15) is 6.07 Å². The van der Waals surface area contributed by atoms with E-state index in [1.165, 1.54) is 48.5 Å². The summed E-state index contributed by atoms with van der Waals surface area (Å²) in [6, 6.07) is 19.1. The lowest BCUT2D eigenvalue weighted by molar-refractivity contribution is -0.150. The maximum absolute atomic E-state index is 13.9. The predicted molar refractivity (Wildman–Crippen MR) is 130 cm³/mol. The zero-order valence-corrected chi connectivity index (χ0v) is 20.3. The van der Waals surface area contributed by atoms with Crippen LogP contribution in [-0.4, -0.2) is 12.3 Å². The van der Waals surface area contributed by atoms with E-state index in [4.69, 9.17) is 27.9 Å². The molecule has 0 aromatic heterocycles. The summed E-state index contributed by atoms with van der Waals surface area (Å²) in [4.78, 5) is 13.3. The van der Waals surface area contributed by atoms with Crippen molar-refractivity contribution >= 4 is 40.5 Å². The largest absolute Gasteiger partial charge is 0.489 e. The summed E-state index contributed by atoms with van der Waals surface area (Å²) in [7, 11) is 0. The van der Waals surface area contributed by atoms with E-state index in [1.54, 1.807) is 38.1 Å². The van der Waals surface area contributed by atoms with Crippen molar-refractivity contribution in [3.05, 3.63) is 94.0 Å². The molecule has 3 aromatic carbocycles. The molecule has 0 bridgehead atoms. The third kappa shape index (κ3) is 6.27. The Balaban J connectivity index is 1.93. The number of carbonyl (C=O) groups is 1. The highest BCUT2D eigenvalue weighted by Gasteiger charge is 2.39. The van der Waals surface area contributed by atoms with Crippen LogP contribution < -0.4 is 4.90 Å². The SMILES string of the molecule is CC(C)C(C(=O)OC(C#N)c1cccc(N(c2ccccc2)C(F)(F)F)c1)c1ccc(Cl)c(Cl)c1. The first kappa shape index (κ1) is 26.4. The quantitative estimate of drug-likeness (QED) is 0.232. The minimum absolute atomic E-state index is 0.0952. The number of rotatable bonds is 7. The van der Waals surface area contributed by atoms with E-state index >= 15 is 0 Å². The Morgan fingerprint density at radius 3 is 2.14 bits per heavy atom. The van der Waals surface area contributed by atoms with Crippen LogP contribution in [0.25, 0.3) is 0 Å². The topological polar surface area (TPSA) is 53.3 Å². The molecule has 0 N–H and O–H groups in total. The number of para-hydroxylation sites is 1. The van der Waals surface area contributed by atoms with Gasteiger partial charge < -0.3 is 4.74 Å². The number of hydrogen-bond acceptors (Lipinski definition) is 4. The van der Waals surface area contributed by atoms with E-state index in [-0.39, 0.29) is 32.8 Å². The van der Waals surface area contributed by atoms with E-state index in [9.17, 15) is 23.2 Å². The molecule has 3 rings (SSSR count). The molecule has 9 heteroatoms. The zero-order valence-electron chi connectivity index (χ0n) is 18.8. The molecule has 0 amide bonds. The maximum Gasteiger partial charge on any atom is 0.489 e. The fourth-order valence-corrected chi connectivity index (χ4v) is 4.01. The van der Waals surface area contributed by atoms with Gasteiger partial charge in [0.2, 0.25) is 6.10 Å². The molecule has 0 aliphatic rings. The molecule has 0 aliphatic carbocycles. The molecule has 0 saturated heterocycles. The zero-order chi connectivity index (χ0) is 25.8. The smallest absolute Gasteiger partial charge is 0.441 e. The first-order valence-electron chi connectivity index (χ1n) is 10.6. The van der Waals surface area contributed by atoms with Crippen molar-refractivity contribution in [3.8, 4) is 6.07 Å². The lowest BCUT2D eigenvalue weighted by atomic mass is 9.88. The monoisotopic (exact) mass is 520 g/mol. The number of nitriles is 1. The molecule has 2 unspecified atom stereocenters. The van der Waals surface area contributed by atoms with Gasteiger partial charge in [0, 0.05) is 16.9 Å². The molecular weight excluding hydrogens is 500 g/mol. The fourth-order valence-electron chi connectivity index (χ4n) is 3.70. The lowest BCUT2D eigenvalue weighted by Crippen LogP contribution is -2.33. The number of alkyl halides is 3. The van der Waals surface area contributed by atoms with Gasteiger partial charge in [0.05, 0.1) is 16.0 Å². The van der Waals surface area contributed by atoms with E-state index in [2.05, 4.69) is 0 Å². The van der Waals surface area contributed by atoms with Gasteiger partial charge in [-0.05, 0) is 47.9 Å². The van der Waals surface area contributed by atoms with Crippen molar-refractivity contribution in [3.63, 3.8) is 0 Å². The summed E-state index contributed by atoms with van der Waals surface area (Å²) < 4.78 is 47.2. The van der Waals surface area contributed by atoms with Gasteiger partial charge in [-0.1, -0.05) is 73.4 Å². The van der Waals surface area contributed by atoms with E-state index in [1.807, 2.05) is 6.07 Å². The van der Waals surface area contributed by atoms with Crippen molar-refractivity contribution in [1.29, 1.82) is 5.26 Å². The summed E-state index contributed by atoms with van der Waals surface area (Å²) in [6.07, 6.45) is -6.15. The van der Waals surface area contributed by atoms with Crippen LogP contribution in [0.2, 0.25) is 10.0 Å². The number of esters is 1. The second-order valence-electron chi connectivity index (χ2n) is 8.08. The van der Waals surface area contributed by atoms with Gasteiger partial charge in [-0.15, -0.1) is 13.2 Å². The summed E-state index contributed by atoms with van der Waals surface area (Å²) >= 11 is 12.1. The van der Waals surface area contributed by atoms with Crippen LogP contribution >= 0.6 is 23.2 Å². The summed E-state index contributed by atoms with van der Waals surface area (Å²) in [6.45, 7) is 3.61. The lowest BCUT2D eigenvalue weighted by Gasteiger charge is -2.28. The second kappa shape index (κ2) is 11.0. The molecule has 0 radical (unpaired) electrons. The van der Waals surface area contributed by atoms with Crippen molar-refractivity contribution in [1.82, 2.24) is 0 Å². The van der Waals surface area contributed by atoms with Crippen LogP contribution in [-0.2, 0) is 9.53 Å². The molecule has 0 fully saturated rings. The Kier molecular flexibility index (Phi) is 8.31. The van der Waals surface area contributed by atoms with E-state index < -0.39 is 24.3 Å². The highest BCUT2D eigenvalue weighted by Crippen LogP contribution is 2.38. The highest BCUT2D eigenvalue weighted by atomic mass is 35.5. The Morgan fingerprint density at radius 1 is 0.914 bits per heavy atom. The maximum atomic E-state index is 13.9. The number of ether oxygens (including phenoxy) is 1. The Hall–Kier alpha value is -3.21. The number of hydrogen-bond donors (Lipinski definition) is 0. The molecule has 0 saturated carbocycles. The van der Waals surface area contributed by atoms with Gasteiger partial charge in [0.25, 0.3) is 0 Å². The van der Waals surface area contributed by atoms with Crippen molar-refractivity contribution < 1.29 is 22.7 Å². The summed E-state index contributed by atoms with van der Waals surface area (Å²) in [5, 5.41) is 10.3. The third-order valence-corrected chi connectivity index (χ3v) is 6.01. The molecule has 2 atom stereocenters. The number of nitrogens with zero attached hydrogens (tertiary/aromatic N) is 2. The van der Waals surface area contributed by atoms with Crippen LogP contribution in [0.4, 0.5) is 24.5 Å². The highest BCUT2D eigenvalue weighted by molar-refractivity contribution is 6.42. The van der Waals surface area contributed by atoms with Crippen LogP contribution in [0, 0.1) is 17.2 Å². The van der Waals surface area contributed by atoms with Gasteiger partial charge in [-0.3, -0.25) is 9.69 Å². The van der Waals surface area contributed by atoms with Crippen LogP contribution in [0.1, 0.15) is 37.0 Å². The van der Waals surface area contributed by atoms with Crippen molar-refractivity contribution in [2.24, 2.45) is 5.92 Å². The average Bonchev–Trinajstić information content (AvgIpc) is 2.80. The molecule has 182 valence electrons. The number of carbonyl (C=O) groups excluding carboxylic acids is 1. The van der Waals surface area contributed by atoms with Gasteiger partial charge >= 0.3 is 12.3 Å². The molecule has 3 aromatic rings. The molecule has 0 spiro atoms. The van der Waals surface area contributed by atoms with Crippen molar-refractivity contribution in [2.75, 3.05) is 4.90 Å². The third-order valence-electron chi connectivity index (χ3n) is 5.27. The average molecular weight is 521 g/mol. The van der Waals surface area contributed by atoms with Crippen LogP contribution in [0.5, 0.6) is 0 Å².